The van der Waals surface area contributed by atoms with Crippen molar-refractivity contribution in [1.82, 2.24) is 5.32 Å². The number of methoxy groups -OCH3 is 1. The van der Waals surface area contributed by atoms with Crippen molar-refractivity contribution < 1.29 is 14.3 Å². The van der Waals surface area contributed by atoms with Crippen molar-refractivity contribution in [2.45, 2.75) is 38.3 Å². The van der Waals surface area contributed by atoms with Crippen LogP contribution < -0.4 is 10.2 Å². The van der Waals surface area contributed by atoms with Crippen LogP contribution in [0.3, 0.4) is 0 Å². The molecule has 5 heteroatoms. The number of nitrogens with zero attached hydrogens (tertiary/aromatic N) is 1. The minimum atomic E-state index is -0.334. The fourth-order valence-corrected chi connectivity index (χ4v) is 3.55. The van der Waals surface area contributed by atoms with Gasteiger partial charge in [-0.25, -0.2) is 0 Å². The predicted octanol–water partition coefficient (Wildman–Crippen LogP) is 4.09. The molecule has 0 bridgehead atoms. The Bertz CT molecular complexity index is 831. The van der Waals surface area contributed by atoms with Gasteiger partial charge in [0, 0.05) is 30.4 Å². The normalized spacial score (nSPS) is 15.6. The molecule has 0 aliphatic heterocycles. The van der Waals surface area contributed by atoms with Crippen LogP contribution in [-0.4, -0.2) is 31.6 Å². The summed E-state index contributed by atoms with van der Waals surface area (Å²) in [5, 5.41) is 2.74. The number of hydrogen-bond acceptors (Lipinski definition) is 4. The zero-order valence-electron chi connectivity index (χ0n) is 16.8. The number of carbonyl (C=O) groups is 2. The van der Waals surface area contributed by atoms with Gasteiger partial charge in [-0.1, -0.05) is 42.5 Å². The number of hydrogen-bond donors (Lipinski definition) is 1. The van der Waals surface area contributed by atoms with Gasteiger partial charge in [-0.05, 0) is 49.1 Å². The Labute approximate surface area is 172 Å². The fourth-order valence-electron chi connectivity index (χ4n) is 3.55. The molecular formula is C24H28N2O3. The molecule has 3 rings (SSSR count). The SMILES string of the molecule is COC(=O)CCNC(=O)c1ccc(CN(c2ccccc2)C2CC=CCC2)cc1. The second-order valence-electron chi connectivity index (χ2n) is 7.18. The van der Waals surface area contributed by atoms with E-state index in [1.165, 1.54) is 12.8 Å². The number of nitrogens with one attached hydrogen (secondary N) is 1. The van der Waals surface area contributed by atoms with Crippen LogP contribution in [0, 0.1) is 0 Å². The van der Waals surface area contributed by atoms with E-state index in [4.69, 9.17) is 0 Å². The van der Waals surface area contributed by atoms with E-state index in [2.05, 4.69) is 51.4 Å². The Morgan fingerprint density at radius 2 is 1.83 bits per heavy atom. The average molecular weight is 392 g/mol. The number of rotatable bonds is 8. The Balaban J connectivity index is 1.65. The molecule has 1 N–H and O–H groups in total. The standard InChI is InChI=1S/C24H28N2O3/c1-29-23(27)16-17-25-24(28)20-14-12-19(13-15-20)18-26(21-8-4-2-5-9-21)22-10-6-3-7-11-22/h2-6,8-9,12-15,22H,7,10-11,16-18H2,1H3,(H,25,28). The largest absolute Gasteiger partial charge is 0.469 e. The van der Waals surface area contributed by atoms with Gasteiger partial charge in [0.2, 0.25) is 0 Å². The topological polar surface area (TPSA) is 58.6 Å². The van der Waals surface area contributed by atoms with Crippen molar-refractivity contribution in [2.24, 2.45) is 0 Å². The second kappa shape index (κ2) is 10.5. The van der Waals surface area contributed by atoms with E-state index in [0.717, 1.165) is 31.4 Å². The van der Waals surface area contributed by atoms with Gasteiger partial charge < -0.3 is 15.0 Å². The smallest absolute Gasteiger partial charge is 0.307 e. The lowest BCUT2D eigenvalue weighted by atomic mass is 9.98. The van der Waals surface area contributed by atoms with Crippen LogP contribution in [0.2, 0.25) is 0 Å². The maximum absolute atomic E-state index is 12.2. The van der Waals surface area contributed by atoms with E-state index >= 15 is 0 Å². The first kappa shape index (κ1) is 20.6. The Hall–Kier alpha value is -3.08. The first-order valence-corrected chi connectivity index (χ1v) is 10.1. The first-order chi connectivity index (χ1) is 14.2. The number of amides is 1. The summed E-state index contributed by atoms with van der Waals surface area (Å²) < 4.78 is 4.58. The molecule has 0 saturated carbocycles. The van der Waals surface area contributed by atoms with Gasteiger partial charge in [0.25, 0.3) is 5.91 Å². The van der Waals surface area contributed by atoms with E-state index in [9.17, 15) is 9.59 Å². The van der Waals surface area contributed by atoms with Crippen LogP contribution in [0.5, 0.6) is 0 Å². The lowest BCUT2D eigenvalue weighted by molar-refractivity contribution is -0.140. The highest BCUT2D eigenvalue weighted by atomic mass is 16.5. The highest BCUT2D eigenvalue weighted by Gasteiger charge is 2.19. The molecule has 1 unspecified atom stereocenters. The van der Waals surface area contributed by atoms with Crippen LogP contribution in [0.15, 0.2) is 66.7 Å². The summed E-state index contributed by atoms with van der Waals surface area (Å²) in [5.41, 5.74) is 2.97. The number of carbonyl (C=O) groups excluding carboxylic acids is 2. The predicted molar refractivity (Wildman–Crippen MR) is 115 cm³/mol. The van der Waals surface area contributed by atoms with Gasteiger partial charge in [0.15, 0.2) is 0 Å². The maximum Gasteiger partial charge on any atom is 0.307 e. The van der Waals surface area contributed by atoms with Gasteiger partial charge >= 0.3 is 5.97 Å². The lowest BCUT2D eigenvalue weighted by Gasteiger charge is -2.35. The lowest BCUT2D eigenvalue weighted by Crippen LogP contribution is -2.35. The molecule has 0 heterocycles. The molecule has 1 aliphatic carbocycles. The van der Waals surface area contributed by atoms with Gasteiger partial charge in [-0.15, -0.1) is 0 Å². The Kier molecular flexibility index (Phi) is 7.45. The molecule has 0 aromatic heterocycles. The minimum absolute atomic E-state index is 0.169. The number of para-hydroxylation sites is 1. The van der Waals surface area contributed by atoms with E-state index in [1.807, 2.05) is 30.3 Å². The monoisotopic (exact) mass is 392 g/mol. The highest BCUT2D eigenvalue weighted by molar-refractivity contribution is 5.94. The highest BCUT2D eigenvalue weighted by Crippen LogP contribution is 2.26. The summed E-state index contributed by atoms with van der Waals surface area (Å²) >= 11 is 0. The van der Waals surface area contributed by atoms with E-state index in [1.54, 1.807) is 0 Å². The summed E-state index contributed by atoms with van der Waals surface area (Å²) in [5.74, 6) is -0.517. The third-order valence-corrected chi connectivity index (χ3v) is 5.18. The van der Waals surface area contributed by atoms with Crippen LogP contribution in [0.25, 0.3) is 0 Å². The molecule has 152 valence electrons. The molecule has 2 aromatic carbocycles. The van der Waals surface area contributed by atoms with E-state index in [0.29, 0.717) is 11.6 Å². The van der Waals surface area contributed by atoms with Crippen LogP contribution in [-0.2, 0) is 16.1 Å². The van der Waals surface area contributed by atoms with Crippen molar-refractivity contribution in [1.29, 1.82) is 0 Å². The molecule has 0 spiro atoms. The molecule has 1 amide bonds. The minimum Gasteiger partial charge on any atom is -0.469 e. The van der Waals surface area contributed by atoms with Crippen molar-refractivity contribution >= 4 is 17.6 Å². The summed E-state index contributed by atoms with van der Waals surface area (Å²) in [6.07, 6.45) is 8.00. The van der Waals surface area contributed by atoms with Gasteiger partial charge in [-0.2, -0.15) is 0 Å². The van der Waals surface area contributed by atoms with Gasteiger partial charge in [0.1, 0.15) is 0 Å². The van der Waals surface area contributed by atoms with Crippen molar-refractivity contribution in [3.05, 3.63) is 77.9 Å². The molecule has 29 heavy (non-hydrogen) atoms. The number of anilines is 1. The quantitative estimate of drug-likeness (QED) is 0.543. The molecule has 2 aromatic rings. The van der Waals surface area contributed by atoms with Gasteiger partial charge in [0.05, 0.1) is 13.5 Å². The Morgan fingerprint density at radius 3 is 2.48 bits per heavy atom. The summed E-state index contributed by atoms with van der Waals surface area (Å²) in [6.45, 7) is 1.07. The third kappa shape index (κ3) is 5.95. The van der Waals surface area contributed by atoms with Crippen LogP contribution in [0.4, 0.5) is 5.69 Å². The molecule has 1 atom stereocenters. The van der Waals surface area contributed by atoms with Crippen LogP contribution >= 0.6 is 0 Å². The second-order valence-corrected chi connectivity index (χ2v) is 7.18. The fraction of sp³-hybridized carbons (Fsp3) is 0.333. The molecule has 0 radical (unpaired) electrons. The number of benzene rings is 2. The van der Waals surface area contributed by atoms with Gasteiger partial charge in [-0.3, -0.25) is 9.59 Å². The number of esters is 1. The summed E-state index contributed by atoms with van der Waals surface area (Å²) in [7, 11) is 1.34. The van der Waals surface area contributed by atoms with Crippen molar-refractivity contribution in [3.63, 3.8) is 0 Å². The molecule has 0 saturated heterocycles. The Morgan fingerprint density at radius 1 is 1.07 bits per heavy atom. The number of ether oxygens (including phenoxy) is 1. The van der Waals surface area contributed by atoms with E-state index in [-0.39, 0.29) is 24.8 Å². The zero-order valence-corrected chi connectivity index (χ0v) is 16.8. The first-order valence-electron chi connectivity index (χ1n) is 10.1. The average Bonchev–Trinajstić information content (AvgIpc) is 2.78. The third-order valence-electron chi connectivity index (χ3n) is 5.18. The van der Waals surface area contributed by atoms with Crippen molar-refractivity contribution in [3.8, 4) is 0 Å². The maximum atomic E-state index is 12.2. The molecular weight excluding hydrogens is 364 g/mol. The summed E-state index contributed by atoms with van der Waals surface area (Å²) in [6, 6.07) is 18.7. The zero-order chi connectivity index (χ0) is 20.5. The summed E-state index contributed by atoms with van der Waals surface area (Å²) in [4.78, 5) is 25.8. The molecule has 1 aliphatic rings. The van der Waals surface area contributed by atoms with E-state index < -0.39 is 0 Å². The molecule has 5 nitrogen and oxygen atoms in total. The molecule has 0 fully saturated rings. The van der Waals surface area contributed by atoms with Crippen LogP contribution in [0.1, 0.15) is 41.6 Å². The van der Waals surface area contributed by atoms with Crippen molar-refractivity contribution in [2.75, 3.05) is 18.6 Å². The number of allylic oxidation sites excluding steroid dienone is 1.